The van der Waals surface area contributed by atoms with E-state index in [9.17, 15) is 19.5 Å². The third-order valence-corrected chi connectivity index (χ3v) is 10.7. The summed E-state index contributed by atoms with van der Waals surface area (Å²) in [6.07, 6.45) is 7.06. The van der Waals surface area contributed by atoms with Crippen molar-refractivity contribution in [1.82, 2.24) is 14.7 Å². The maximum Gasteiger partial charge on any atom is 0.248 e. The molecule has 3 saturated heterocycles. The Balaban J connectivity index is 1.60. The molecule has 252 valence electrons. The summed E-state index contributed by atoms with van der Waals surface area (Å²) in [6.45, 7) is 15.2. The minimum absolute atomic E-state index is 0.0901. The van der Waals surface area contributed by atoms with E-state index < -0.39 is 35.1 Å². The Hall–Kier alpha value is -3.75. The largest absolute Gasteiger partial charge is 0.394 e. The van der Waals surface area contributed by atoms with Crippen molar-refractivity contribution >= 4 is 17.7 Å². The monoisotopic (exact) mass is 641 g/mol. The normalized spacial score (nSPS) is 28.2. The molecule has 1 spiro atoms. The van der Waals surface area contributed by atoms with Gasteiger partial charge in [-0.05, 0) is 43.2 Å². The molecule has 0 aromatic heterocycles. The summed E-state index contributed by atoms with van der Waals surface area (Å²) >= 11 is 0. The zero-order chi connectivity index (χ0) is 33.8. The maximum atomic E-state index is 15.0. The molecule has 1 N–H and O–H groups in total. The lowest BCUT2D eigenvalue weighted by molar-refractivity contribution is -0.157. The van der Waals surface area contributed by atoms with Gasteiger partial charge in [0.05, 0.1) is 30.1 Å². The molecule has 3 aliphatic rings. The Bertz CT molecular complexity index is 1430. The van der Waals surface area contributed by atoms with Gasteiger partial charge in [0.25, 0.3) is 0 Å². The third kappa shape index (κ3) is 6.30. The first-order chi connectivity index (χ1) is 22.7. The van der Waals surface area contributed by atoms with E-state index in [0.29, 0.717) is 39.0 Å². The van der Waals surface area contributed by atoms with Crippen LogP contribution < -0.4 is 0 Å². The van der Waals surface area contributed by atoms with Gasteiger partial charge in [-0.2, -0.15) is 0 Å². The van der Waals surface area contributed by atoms with Crippen LogP contribution in [0.5, 0.6) is 0 Å². The number of nitrogens with zero attached hydrogens (tertiary/aromatic N) is 3. The second kappa shape index (κ2) is 14.6. The summed E-state index contributed by atoms with van der Waals surface area (Å²) < 4.78 is 7.04. The molecular weight excluding hydrogens is 590 g/mol. The van der Waals surface area contributed by atoms with Crippen molar-refractivity contribution in [3.05, 3.63) is 97.1 Å². The summed E-state index contributed by atoms with van der Waals surface area (Å²) in [5.74, 6) is -2.43. The van der Waals surface area contributed by atoms with Crippen molar-refractivity contribution < 1.29 is 24.2 Å². The first-order valence-corrected chi connectivity index (χ1v) is 17.2. The highest BCUT2D eigenvalue weighted by Gasteiger charge is 2.80. The van der Waals surface area contributed by atoms with Crippen LogP contribution >= 0.6 is 0 Å². The average molecular weight is 642 g/mol. The number of likely N-dealkylation sites (tertiary alicyclic amines) is 1. The number of hydrogen-bond acceptors (Lipinski definition) is 5. The van der Waals surface area contributed by atoms with Crippen LogP contribution in [0.1, 0.15) is 57.6 Å². The molecule has 8 nitrogen and oxygen atoms in total. The van der Waals surface area contributed by atoms with Crippen molar-refractivity contribution in [1.29, 1.82) is 0 Å². The van der Waals surface area contributed by atoms with E-state index in [1.165, 1.54) is 0 Å². The van der Waals surface area contributed by atoms with E-state index in [1.807, 2.05) is 67.6 Å². The fourth-order valence-electron chi connectivity index (χ4n) is 8.42. The first-order valence-electron chi connectivity index (χ1n) is 17.2. The zero-order valence-corrected chi connectivity index (χ0v) is 28.2. The molecule has 0 radical (unpaired) electrons. The van der Waals surface area contributed by atoms with Gasteiger partial charge in [0.2, 0.25) is 17.7 Å². The van der Waals surface area contributed by atoms with Crippen LogP contribution in [0.3, 0.4) is 0 Å². The van der Waals surface area contributed by atoms with Crippen LogP contribution in [0.2, 0.25) is 0 Å². The van der Waals surface area contributed by atoms with Gasteiger partial charge >= 0.3 is 0 Å². The number of hydrogen-bond donors (Lipinski definition) is 1. The Morgan fingerprint density at radius 1 is 1.00 bits per heavy atom. The number of unbranched alkanes of at least 4 members (excludes halogenated alkanes) is 2. The van der Waals surface area contributed by atoms with Gasteiger partial charge in [-0.15, -0.1) is 13.2 Å². The van der Waals surface area contributed by atoms with E-state index in [-0.39, 0.29) is 30.2 Å². The number of fused-ring (bicyclic) bond motifs is 1. The number of aliphatic hydroxyl groups is 1. The molecule has 0 saturated carbocycles. The van der Waals surface area contributed by atoms with Gasteiger partial charge in [-0.1, -0.05) is 99.5 Å². The molecule has 8 heteroatoms. The third-order valence-electron chi connectivity index (χ3n) is 10.7. The van der Waals surface area contributed by atoms with Crippen molar-refractivity contribution in [2.45, 2.75) is 82.7 Å². The van der Waals surface area contributed by atoms with Crippen molar-refractivity contribution in [3.63, 3.8) is 0 Å². The summed E-state index contributed by atoms with van der Waals surface area (Å²) in [4.78, 5) is 49.7. The van der Waals surface area contributed by atoms with Gasteiger partial charge < -0.3 is 24.5 Å². The smallest absolute Gasteiger partial charge is 0.248 e. The fourth-order valence-corrected chi connectivity index (χ4v) is 8.42. The molecule has 3 heterocycles. The average Bonchev–Trinajstić information content (AvgIpc) is 3.59. The number of aliphatic hydroxyl groups excluding tert-OH is 1. The predicted molar refractivity (Wildman–Crippen MR) is 183 cm³/mol. The first kappa shape index (κ1) is 34.6. The molecule has 5 rings (SSSR count). The minimum Gasteiger partial charge on any atom is -0.394 e. The number of ether oxygens (including phenoxy) is 1. The number of amides is 3. The van der Waals surface area contributed by atoms with E-state index in [1.54, 1.807) is 26.9 Å². The summed E-state index contributed by atoms with van der Waals surface area (Å²) in [6, 6.07) is 17.8. The number of benzene rings is 2. The van der Waals surface area contributed by atoms with Gasteiger partial charge in [-0.25, -0.2) is 0 Å². The Morgan fingerprint density at radius 3 is 2.21 bits per heavy atom. The summed E-state index contributed by atoms with van der Waals surface area (Å²) in [5.41, 5.74) is -0.229. The summed E-state index contributed by atoms with van der Waals surface area (Å²) in [7, 11) is 0. The molecular formula is C39H51N3O5. The van der Waals surface area contributed by atoms with Crippen LogP contribution in [0.25, 0.3) is 0 Å². The predicted octanol–water partition coefficient (Wildman–Crippen LogP) is 5.02. The van der Waals surface area contributed by atoms with Crippen LogP contribution in [0, 0.1) is 17.8 Å². The summed E-state index contributed by atoms with van der Waals surface area (Å²) in [5, 5.41) is 10.8. The Kier molecular flexibility index (Phi) is 10.7. The second-order valence-electron chi connectivity index (χ2n) is 13.7. The number of carbonyl (C=O) groups is 3. The standard InChI is InChI=1S/C39H51N3O5/c1-6-9-16-23-40(21-7-2)37(46)34-39-25-28(4)38(5,47-39)32(35(44)41(22-8-3)26-30-19-14-11-15-20-30)33(39)36(45)42(34)31(27-43)24-29-17-12-10-13-18-29/h7-8,10-15,17-20,28,31-34,43H,2-3,6,9,16,21-27H2,1,4-5H3/t28?,31-,32+,33+,34?,38-,39?/m1/s1. The molecule has 2 aromatic rings. The minimum atomic E-state index is -1.20. The number of carbonyl (C=O) groups excluding carboxylic acids is 3. The Morgan fingerprint density at radius 2 is 1.62 bits per heavy atom. The topological polar surface area (TPSA) is 90.4 Å². The molecule has 3 unspecified atom stereocenters. The van der Waals surface area contributed by atoms with Crippen molar-refractivity contribution in [2.24, 2.45) is 17.8 Å². The lowest BCUT2D eigenvalue weighted by atomic mass is 9.62. The molecule has 47 heavy (non-hydrogen) atoms. The molecule has 7 atom stereocenters. The van der Waals surface area contributed by atoms with Crippen molar-refractivity contribution in [2.75, 3.05) is 26.2 Å². The molecule has 2 bridgehead atoms. The van der Waals surface area contributed by atoms with Crippen LogP contribution in [0.15, 0.2) is 86.0 Å². The maximum absolute atomic E-state index is 15.0. The molecule has 3 aliphatic heterocycles. The molecule has 3 amide bonds. The fraction of sp³-hybridized carbons (Fsp3) is 0.513. The van der Waals surface area contributed by atoms with Crippen molar-refractivity contribution in [3.8, 4) is 0 Å². The molecule has 3 fully saturated rings. The van der Waals surface area contributed by atoms with Gasteiger partial charge in [0, 0.05) is 26.2 Å². The lowest BCUT2D eigenvalue weighted by Crippen LogP contribution is -2.59. The molecule has 2 aromatic carbocycles. The zero-order valence-electron chi connectivity index (χ0n) is 28.2. The van der Waals surface area contributed by atoms with E-state index in [4.69, 9.17) is 4.74 Å². The van der Waals surface area contributed by atoms with E-state index in [0.717, 1.165) is 30.4 Å². The van der Waals surface area contributed by atoms with Crippen LogP contribution in [0.4, 0.5) is 0 Å². The highest BCUT2D eigenvalue weighted by atomic mass is 16.5. The lowest BCUT2D eigenvalue weighted by Gasteiger charge is -2.39. The van der Waals surface area contributed by atoms with Gasteiger partial charge in [0.15, 0.2) is 0 Å². The second-order valence-corrected chi connectivity index (χ2v) is 13.7. The number of rotatable bonds is 16. The van der Waals surface area contributed by atoms with E-state index >= 15 is 0 Å². The highest BCUT2D eigenvalue weighted by molar-refractivity contribution is 5.99. The Labute approximate surface area is 280 Å². The van der Waals surface area contributed by atoms with Crippen LogP contribution in [-0.4, -0.2) is 87.1 Å². The quantitative estimate of drug-likeness (QED) is 0.205. The van der Waals surface area contributed by atoms with Crippen LogP contribution in [-0.2, 0) is 32.1 Å². The van der Waals surface area contributed by atoms with E-state index in [2.05, 4.69) is 27.0 Å². The van der Waals surface area contributed by atoms with Gasteiger partial charge in [-0.3, -0.25) is 14.4 Å². The SMILES string of the molecule is C=CCN(CCCCC)C(=O)C1N([C@@H](CO)Cc2ccccc2)C(=O)[C@@H]2[C@@H](C(=O)N(CC=C)Cc3ccccc3)[C@]3(C)OC12CC3C. The highest BCUT2D eigenvalue weighted by Crippen LogP contribution is 2.66. The van der Waals surface area contributed by atoms with Gasteiger partial charge in [0.1, 0.15) is 11.6 Å². The molecule has 0 aliphatic carbocycles.